The van der Waals surface area contributed by atoms with Gasteiger partial charge in [-0.25, -0.2) is 4.98 Å². The number of rotatable bonds is 7. The number of aliphatic hydroxyl groups excluding tert-OH is 1. The van der Waals surface area contributed by atoms with Crippen molar-refractivity contribution in [3.8, 4) is 10.4 Å². The summed E-state index contributed by atoms with van der Waals surface area (Å²) in [5, 5.41) is 14.2. The SMILES string of the molecule is Cc1ncsc1-c1ccc(CNC(=O)[C@@H]2C[C@@H](O)CN2C(=O)C(C(C)C)N2Cc3cccc(P)c3C2=O)cc1. The fourth-order valence-corrected chi connectivity index (χ4v) is 6.78. The maximum absolute atomic E-state index is 13.9. The molecule has 3 amide bonds. The first-order valence-corrected chi connectivity index (χ1v) is 14.6. The molecule has 3 aromatic rings. The van der Waals surface area contributed by atoms with E-state index in [2.05, 4.69) is 19.5 Å². The van der Waals surface area contributed by atoms with Crippen molar-refractivity contribution in [2.75, 3.05) is 6.54 Å². The van der Waals surface area contributed by atoms with Crippen LogP contribution < -0.4 is 10.6 Å². The molecule has 4 atom stereocenters. The quantitative estimate of drug-likeness (QED) is 0.430. The summed E-state index contributed by atoms with van der Waals surface area (Å²) in [7, 11) is 2.60. The molecule has 2 aliphatic heterocycles. The first kappa shape index (κ1) is 27.4. The predicted octanol–water partition coefficient (Wildman–Crippen LogP) is 2.88. The molecule has 204 valence electrons. The highest BCUT2D eigenvalue weighted by Gasteiger charge is 2.46. The highest BCUT2D eigenvalue weighted by atomic mass is 32.1. The van der Waals surface area contributed by atoms with Crippen LogP contribution in [0.1, 0.15) is 47.4 Å². The normalized spacial score (nSPS) is 19.5. The van der Waals surface area contributed by atoms with Crippen LogP contribution in [0.3, 0.4) is 0 Å². The van der Waals surface area contributed by atoms with Gasteiger partial charge in [0.25, 0.3) is 5.91 Å². The molecule has 0 radical (unpaired) electrons. The van der Waals surface area contributed by atoms with Crippen LogP contribution in [0.15, 0.2) is 48.0 Å². The summed E-state index contributed by atoms with van der Waals surface area (Å²) in [6, 6.07) is 12.1. The smallest absolute Gasteiger partial charge is 0.255 e. The zero-order valence-electron chi connectivity index (χ0n) is 22.3. The molecular weight excluding hydrogens is 531 g/mol. The second-order valence-electron chi connectivity index (χ2n) is 10.6. The number of aliphatic hydroxyl groups is 1. The summed E-state index contributed by atoms with van der Waals surface area (Å²) in [4.78, 5) is 49.0. The minimum atomic E-state index is -0.801. The lowest BCUT2D eigenvalue weighted by molar-refractivity contribution is -0.143. The average molecular weight is 565 g/mol. The van der Waals surface area contributed by atoms with Gasteiger partial charge < -0.3 is 20.2 Å². The Balaban J connectivity index is 1.28. The lowest BCUT2D eigenvalue weighted by atomic mass is 10.0. The number of hydrogen-bond acceptors (Lipinski definition) is 6. The molecule has 5 rings (SSSR count). The summed E-state index contributed by atoms with van der Waals surface area (Å²) in [6.45, 7) is 6.49. The molecule has 39 heavy (non-hydrogen) atoms. The molecule has 0 bridgehead atoms. The molecule has 3 heterocycles. The van der Waals surface area contributed by atoms with Crippen molar-refractivity contribution >= 4 is 43.6 Å². The van der Waals surface area contributed by atoms with Gasteiger partial charge in [0.15, 0.2) is 0 Å². The Kier molecular flexibility index (Phi) is 7.85. The van der Waals surface area contributed by atoms with Gasteiger partial charge in [-0.3, -0.25) is 14.4 Å². The number of nitrogens with zero attached hydrogens (tertiary/aromatic N) is 3. The van der Waals surface area contributed by atoms with Gasteiger partial charge in [-0.05, 0) is 34.8 Å². The Bertz CT molecular complexity index is 1410. The van der Waals surface area contributed by atoms with Crippen molar-refractivity contribution in [1.29, 1.82) is 0 Å². The Morgan fingerprint density at radius 1 is 1.21 bits per heavy atom. The van der Waals surface area contributed by atoms with E-state index >= 15 is 0 Å². The van der Waals surface area contributed by atoms with Crippen LogP contribution in [0.4, 0.5) is 0 Å². The predicted molar refractivity (Wildman–Crippen MR) is 155 cm³/mol. The molecule has 2 aliphatic rings. The molecule has 1 fully saturated rings. The standard InChI is InChI=1S/C29H33N4O4PS/c1-16(2)25(33-13-20-5-4-6-23(38)24(20)28(33)36)29(37)32-14-21(34)11-22(32)27(35)30-12-18-7-9-19(10-8-18)26-17(3)31-15-39-26/h4-10,15-16,21-22,25,34H,11-14,38H2,1-3H3,(H,30,35)/t21-,22+,25?/m1/s1. The molecule has 2 aromatic carbocycles. The molecule has 8 nitrogen and oxygen atoms in total. The van der Waals surface area contributed by atoms with Crippen LogP contribution in [0.25, 0.3) is 10.4 Å². The maximum atomic E-state index is 13.9. The van der Waals surface area contributed by atoms with Gasteiger partial charge in [0.1, 0.15) is 12.1 Å². The van der Waals surface area contributed by atoms with E-state index in [9.17, 15) is 19.5 Å². The number of nitrogens with one attached hydrogen (secondary N) is 1. The van der Waals surface area contributed by atoms with Crippen molar-refractivity contribution in [3.63, 3.8) is 0 Å². The number of hydrogen-bond donors (Lipinski definition) is 2. The zero-order chi connectivity index (χ0) is 27.8. The van der Waals surface area contributed by atoms with E-state index in [-0.39, 0.29) is 36.6 Å². The number of aryl methyl sites for hydroxylation is 1. The number of amides is 3. The monoisotopic (exact) mass is 564 g/mol. The van der Waals surface area contributed by atoms with Crippen LogP contribution in [0.2, 0.25) is 0 Å². The number of carbonyl (C=O) groups is 3. The van der Waals surface area contributed by atoms with Crippen LogP contribution in [-0.2, 0) is 22.7 Å². The summed E-state index contributed by atoms with van der Waals surface area (Å²) < 4.78 is 0. The minimum absolute atomic E-state index is 0.0624. The van der Waals surface area contributed by atoms with E-state index in [0.29, 0.717) is 18.7 Å². The van der Waals surface area contributed by atoms with Crippen molar-refractivity contribution < 1.29 is 19.5 Å². The summed E-state index contributed by atoms with van der Waals surface area (Å²) >= 11 is 1.59. The summed E-state index contributed by atoms with van der Waals surface area (Å²) in [5.74, 6) is -0.975. The van der Waals surface area contributed by atoms with Gasteiger partial charge in [0.05, 0.1) is 27.7 Å². The third-order valence-corrected chi connectivity index (χ3v) is 8.97. The van der Waals surface area contributed by atoms with E-state index in [1.54, 1.807) is 16.2 Å². The lowest BCUT2D eigenvalue weighted by Gasteiger charge is -2.35. The number of likely N-dealkylation sites (tertiary alicyclic amines) is 1. The van der Waals surface area contributed by atoms with Gasteiger partial charge in [0.2, 0.25) is 11.8 Å². The summed E-state index contributed by atoms with van der Waals surface area (Å²) in [6.07, 6.45) is -0.639. The third kappa shape index (κ3) is 5.36. The Morgan fingerprint density at radius 3 is 2.59 bits per heavy atom. The second-order valence-corrected chi connectivity index (χ2v) is 12.1. The molecular formula is C29H33N4O4PS. The van der Waals surface area contributed by atoms with E-state index in [1.165, 1.54) is 4.90 Å². The molecule has 0 spiro atoms. The van der Waals surface area contributed by atoms with Gasteiger partial charge in [-0.1, -0.05) is 56.3 Å². The minimum Gasteiger partial charge on any atom is -0.391 e. The molecule has 1 saturated heterocycles. The van der Waals surface area contributed by atoms with Crippen molar-refractivity contribution in [2.45, 2.75) is 58.5 Å². The van der Waals surface area contributed by atoms with Crippen LogP contribution >= 0.6 is 20.6 Å². The Hall–Kier alpha value is -3.13. The molecule has 0 aliphatic carbocycles. The highest BCUT2D eigenvalue weighted by molar-refractivity contribution is 7.27. The first-order chi connectivity index (χ1) is 18.7. The number of thiazole rings is 1. The maximum Gasteiger partial charge on any atom is 0.255 e. The number of carbonyl (C=O) groups excluding carboxylic acids is 3. The van der Waals surface area contributed by atoms with Gasteiger partial charge in [-0.2, -0.15) is 0 Å². The summed E-state index contributed by atoms with van der Waals surface area (Å²) in [5.41, 5.74) is 6.32. The van der Waals surface area contributed by atoms with Crippen molar-refractivity contribution in [1.82, 2.24) is 20.1 Å². The van der Waals surface area contributed by atoms with Gasteiger partial charge >= 0.3 is 0 Å². The van der Waals surface area contributed by atoms with E-state index < -0.39 is 18.2 Å². The van der Waals surface area contributed by atoms with Gasteiger partial charge in [-0.15, -0.1) is 20.6 Å². The van der Waals surface area contributed by atoms with E-state index in [4.69, 9.17) is 0 Å². The highest BCUT2D eigenvalue weighted by Crippen LogP contribution is 2.30. The van der Waals surface area contributed by atoms with Crippen LogP contribution in [0.5, 0.6) is 0 Å². The average Bonchev–Trinajstić information content (AvgIpc) is 3.60. The topological polar surface area (TPSA) is 103 Å². The van der Waals surface area contributed by atoms with Crippen LogP contribution in [0, 0.1) is 12.8 Å². The molecule has 2 unspecified atom stereocenters. The number of aromatic nitrogens is 1. The number of fused-ring (bicyclic) bond motifs is 1. The fraction of sp³-hybridized carbons (Fsp3) is 0.379. The molecule has 0 saturated carbocycles. The van der Waals surface area contributed by atoms with Crippen LogP contribution in [-0.4, -0.2) is 62.3 Å². The van der Waals surface area contributed by atoms with Gasteiger partial charge in [0, 0.05) is 26.1 Å². The first-order valence-electron chi connectivity index (χ1n) is 13.1. The van der Waals surface area contributed by atoms with Crippen molar-refractivity contribution in [3.05, 3.63) is 70.4 Å². The molecule has 2 N–H and O–H groups in total. The Labute approximate surface area is 234 Å². The van der Waals surface area contributed by atoms with Crippen molar-refractivity contribution in [2.24, 2.45) is 5.92 Å². The fourth-order valence-electron chi connectivity index (χ4n) is 5.55. The number of β-amino-alcohol motifs (C(OH)–C–C–N with tert-alkyl or cyclic N) is 1. The largest absolute Gasteiger partial charge is 0.391 e. The number of benzene rings is 2. The third-order valence-electron chi connectivity index (χ3n) is 7.51. The molecule has 1 aromatic heterocycles. The van der Waals surface area contributed by atoms with E-state index in [1.807, 2.05) is 68.7 Å². The zero-order valence-corrected chi connectivity index (χ0v) is 24.2. The second kappa shape index (κ2) is 11.2. The molecule has 10 heteroatoms. The lowest BCUT2D eigenvalue weighted by Crippen LogP contribution is -2.55. The Morgan fingerprint density at radius 2 is 1.95 bits per heavy atom. The van der Waals surface area contributed by atoms with E-state index in [0.717, 1.165) is 32.6 Å².